The largest absolute Gasteiger partial charge is 0.264 e. The van der Waals surface area contributed by atoms with Crippen molar-refractivity contribution in [2.24, 2.45) is 0 Å². The molecule has 2 aromatic rings. The topological polar surface area (TPSA) is 36.7 Å². The smallest absolute Gasteiger partial charge is 0.113 e. The summed E-state index contributed by atoms with van der Waals surface area (Å²) in [4.78, 5) is 4.33. The predicted octanol–water partition coefficient (Wildman–Crippen LogP) is 2.65. The molecule has 0 spiro atoms. The standard InChI is InChI=1S/C17H18N2Si/c1-20(2)16-8-4-3-6-14(16)13(7-5-10-18)15-12-19-11-9-17(15)20/h3-4,6,8-9,11-13H,5,7H2,1-2H3. The van der Waals surface area contributed by atoms with Crippen LogP contribution in [0.3, 0.4) is 0 Å². The Morgan fingerprint density at radius 2 is 1.90 bits per heavy atom. The minimum absolute atomic E-state index is 0.329. The van der Waals surface area contributed by atoms with Gasteiger partial charge in [-0.25, -0.2) is 0 Å². The number of benzene rings is 1. The van der Waals surface area contributed by atoms with Crippen molar-refractivity contribution in [3.63, 3.8) is 0 Å². The first kappa shape index (κ1) is 13.1. The molecule has 0 aliphatic carbocycles. The number of nitriles is 1. The van der Waals surface area contributed by atoms with Crippen LogP contribution in [0, 0.1) is 11.3 Å². The summed E-state index contributed by atoms with van der Waals surface area (Å²) in [5.41, 5.74) is 2.76. The molecule has 1 aromatic carbocycles. The number of hydrogen-bond acceptors (Lipinski definition) is 2. The van der Waals surface area contributed by atoms with E-state index in [-0.39, 0.29) is 0 Å². The molecule has 1 atom stereocenters. The Hall–Kier alpha value is -1.92. The van der Waals surface area contributed by atoms with Crippen LogP contribution in [0.1, 0.15) is 29.9 Å². The Morgan fingerprint density at radius 1 is 1.15 bits per heavy atom. The van der Waals surface area contributed by atoms with Crippen molar-refractivity contribution < 1.29 is 0 Å². The maximum absolute atomic E-state index is 8.94. The number of pyridine rings is 1. The van der Waals surface area contributed by atoms with Crippen LogP contribution < -0.4 is 10.4 Å². The van der Waals surface area contributed by atoms with E-state index in [0.29, 0.717) is 12.3 Å². The summed E-state index contributed by atoms with van der Waals surface area (Å²) in [7, 11) is -1.64. The molecule has 1 aromatic heterocycles. The molecule has 0 saturated carbocycles. The van der Waals surface area contributed by atoms with Crippen LogP contribution in [0.2, 0.25) is 13.1 Å². The van der Waals surface area contributed by atoms with Crippen LogP contribution >= 0.6 is 0 Å². The normalized spacial score (nSPS) is 18.8. The number of fused-ring (bicyclic) bond motifs is 2. The second kappa shape index (κ2) is 4.88. The molecule has 2 heterocycles. The maximum Gasteiger partial charge on any atom is 0.113 e. The fraction of sp³-hybridized carbons (Fsp3) is 0.294. The highest BCUT2D eigenvalue weighted by Crippen LogP contribution is 2.32. The number of aromatic nitrogens is 1. The van der Waals surface area contributed by atoms with Crippen LogP contribution in [0.15, 0.2) is 42.7 Å². The van der Waals surface area contributed by atoms with Crippen molar-refractivity contribution in [1.29, 1.82) is 5.26 Å². The molecule has 1 unspecified atom stereocenters. The van der Waals surface area contributed by atoms with Gasteiger partial charge in [0.05, 0.1) is 6.07 Å². The Kier molecular flexibility index (Phi) is 3.19. The molecular weight excluding hydrogens is 260 g/mol. The van der Waals surface area contributed by atoms with Crippen LogP contribution in [-0.4, -0.2) is 13.1 Å². The van der Waals surface area contributed by atoms with Gasteiger partial charge in [-0.15, -0.1) is 0 Å². The Labute approximate surface area is 121 Å². The van der Waals surface area contributed by atoms with E-state index < -0.39 is 8.07 Å². The van der Waals surface area contributed by atoms with Crippen LogP contribution in [0.25, 0.3) is 0 Å². The number of nitrogens with zero attached hydrogens (tertiary/aromatic N) is 2. The van der Waals surface area contributed by atoms with Crippen molar-refractivity contribution in [3.05, 3.63) is 53.9 Å². The van der Waals surface area contributed by atoms with Crippen LogP contribution in [0.4, 0.5) is 0 Å². The van der Waals surface area contributed by atoms with E-state index in [1.54, 1.807) is 0 Å². The minimum Gasteiger partial charge on any atom is -0.264 e. The first-order valence-corrected chi connectivity index (χ1v) is 10.1. The molecular formula is C17H18N2Si. The summed E-state index contributed by atoms with van der Waals surface area (Å²) in [5, 5.41) is 11.9. The Morgan fingerprint density at radius 3 is 2.70 bits per heavy atom. The summed E-state index contributed by atoms with van der Waals surface area (Å²) in [5.74, 6) is 0.329. The van der Waals surface area contributed by atoms with Gasteiger partial charge in [-0.1, -0.05) is 42.5 Å². The van der Waals surface area contributed by atoms with Gasteiger partial charge >= 0.3 is 0 Å². The molecule has 0 saturated heterocycles. The lowest BCUT2D eigenvalue weighted by Crippen LogP contribution is -2.59. The average Bonchev–Trinajstić information content (AvgIpc) is 2.48. The van der Waals surface area contributed by atoms with Crippen molar-refractivity contribution in [2.75, 3.05) is 0 Å². The van der Waals surface area contributed by atoms with Gasteiger partial charge in [-0.2, -0.15) is 5.26 Å². The molecule has 0 radical (unpaired) electrons. The fourth-order valence-electron chi connectivity index (χ4n) is 3.46. The van der Waals surface area contributed by atoms with Gasteiger partial charge < -0.3 is 0 Å². The van der Waals surface area contributed by atoms with E-state index in [1.807, 2.05) is 12.4 Å². The minimum atomic E-state index is -1.64. The molecule has 0 amide bonds. The van der Waals surface area contributed by atoms with Gasteiger partial charge in [0.1, 0.15) is 8.07 Å². The van der Waals surface area contributed by atoms with Crippen LogP contribution in [0.5, 0.6) is 0 Å². The zero-order valence-electron chi connectivity index (χ0n) is 11.9. The highest BCUT2D eigenvalue weighted by Gasteiger charge is 2.38. The second-order valence-corrected chi connectivity index (χ2v) is 10.3. The molecule has 2 nitrogen and oxygen atoms in total. The highest BCUT2D eigenvalue weighted by atomic mass is 28.3. The summed E-state index contributed by atoms with van der Waals surface area (Å²) >= 11 is 0. The molecule has 3 rings (SSSR count). The lowest BCUT2D eigenvalue weighted by molar-refractivity contribution is 0.733. The SMILES string of the molecule is C[Si]1(C)c2ccccc2C(CCC#N)c2cnccc21. The van der Waals surface area contributed by atoms with E-state index in [0.717, 1.165) is 6.42 Å². The zero-order valence-corrected chi connectivity index (χ0v) is 12.9. The highest BCUT2D eigenvalue weighted by molar-refractivity contribution is 7.01. The third-order valence-electron chi connectivity index (χ3n) is 4.46. The number of rotatable bonds is 2. The lowest BCUT2D eigenvalue weighted by atomic mass is 9.88. The van der Waals surface area contributed by atoms with Crippen molar-refractivity contribution in [3.8, 4) is 6.07 Å². The van der Waals surface area contributed by atoms with E-state index in [2.05, 4.69) is 54.5 Å². The molecule has 100 valence electrons. The summed E-state index contributed by atoms with van der Waals surface area (Å²) < 4.78 is 0. The monoisotopic (exact) mass is 278 g/mol. The first-order chi connectivity index (χ1) is 9.66. The summed E-state index contributed by atoms with van der Waals surface area (Å²) in [6.45, 7) is 4.82. The second-order valence-electron chi connectivity index (χ2n) is 5.92. The van der Waals surface area contributed by atoms with E-state index in [9.17, 15) is 0 Å². The van der Waals surface area contributed by atoms with Gasteiger partial charge in [-0.3, -0.25) is 4.98 Å². The molecule has 0 N–H and O–H groups in total. The maximum atomic E-state index is 8.94. The van der Waals surface area contributed by atoms with Crippen molar-refractivity contribution >= 4 is 18.4 Å². The lowest BCUT2D eigenvalue weighted by Gasteiger charge is -2.37. The molecule has 0 fully saturated rings. The van der Waals surface area contributed by atoms with E-state index >= 15 is 0 Å². The van der Waals surface area contributed by atoms with E-state index in [4.69, 9.17) is 5.26 Å². The molecule has 0 bridgehead atoms. The quantitative estimate of drug-likeness (QED) is 0.792. The molecule has 20 heavy (non-hydrogen) atoms. The van der Waals surface area contributed by atoms with Gasteiger partial charge in [0.2, 0.25) is 0 Å². The van der Waals surface area contributed by atoms with Crippen molar-refractivity contribution in [2.45, 2.75) is 31.9 Å². The van der Waals surface area contributed by atoms with Gasteiger partial charge in [-0.05, 0) is 28.8 Å². The van der Waals surface area contributed by atoms with E-state index in [1.165, 1.54) is 21.5 Å². The fourth-order valence-corrected chi connectivity index (χ4v) is 6.69. The van der Waals surface area contributed by atoms with Crippen molar-refractivity contribution in [1.82, 2.24) is 4.98 Å². The average molecular weight is 278 g/mol. The summed E-state index contributed by atoms with van der Waals surface area (Å²) in [6.07, 6.45) is 5.40. The molecule has 1 aliphatic rings. The Balaban J connectivity index is 2.22. The Bertz CT molecular complexity index is 636. The van der Waals surface area contributed by atoms with Crippen LogP contribution in [-0.2, 0) is 0 Å². The third-order valence-corrected chi connectivity index (χ3v) is 8.06. The van der Waals surface area contributed by atoms with Gasteiger partial charge in [0.25, 0.3) is 0 Å². The zero-order chi connectivity index (χ0) is 14.2. The molecule has 1 aliphatic heterocycles. The van der Waals surface area contributed by atoms with Gasteiger partial charge in [0, 0.05) is 24.7 Å². The first-order valence-electron chi connectivity index (χ1n) is 7.07. The number of hydrogen-bond donors (Lipinski definition) is 0. The van der Waals surface area contributed by atoms with Gasteiger partial charge in [0.15, 0.2) is 0 Å². The molecule has 3 heteroatoms. The predicted molar refractivity (Wildman–Crippen MR) is 84.1 cm³/mol. The summed E-state index contributed by atoms with van der Waals surface area (Å²) in [6, 6.07) is 13.3. The third kappa shape index (κ3) is 1.88.